The molecule has 1 aliphatic rings. The lowest BCUT2D eigenvalue weighted by Crippen LogP contribution is -2.36. The fourth-order valence-corrected chi connectivity index (χ4v) is 6.20. The topological polar surface area (TPSA) is 73.2 Å². The van der Waals surface area contributed by atoms with Crippen LogP contribution < -0.4 is 15.6 Å². The van der Waals surface area contributed by atoms with Gasteiger partial charge in [-0.15, -0.1) is 11.3 Å². The third-order valence-corrected chi connectivity index (χ3v) is 7.68. The zero-order chi connectivity index (χ0) is 22.8. The molecule has 170 valence electrons. The Hall–Kier alpha value is -2.32. The van der Waals surface area contributed by atoms with Gasteiger partial charge in [0.25, 0.3) is 5.56 Å². The molecule has 1 aromatic carbocycles. The summed E-state index contributed by atoms with van der Waals surface area (Å²) in [4.78, 5) is 33.3. The van der Waals surface area contributed by atoms with Crippen molar-refractivity contribution in [3.63, 3.8) is 0 Å². The molecular formula is C24H29N3O3S2. The van der Waals surface area contributed by atoms with E-state index in [1.54, 1.807) is 15.9 Å². The Labute approximate surface area is 196 Å². The molecule has 8 heteroatoms. The molecule has 0 aliphatic heterocycles. The first-order valence-electron chi connectivity index (χ1n) is 11.2. The number of hydrogen-bond acceptors (Lipinski definition) is 6. The molecule has 2 heterocycles. The number of benzene rings is 1. The lowest BCUT2D eigenvalue weighted by Gasteiger charge is -2.17. The smallest absolute Gasteiger partial charge is 0.267 e. The summed E-state index contributed by atoms with van der Waals surface area (Å²) < 4.78 is 7.22. The van der Waals surface area contributed by atoms with Gasteiger partial charge in [0, 0.05) is 10.9 Å². The summed E-state index contributed by atoms with van der Waals surface area (Å²) >= 11 is 2.95. The van der Waals surface area contributed by atoms with Crippen LogP contribution in [0.25, 0.3) is 15.9 Å². The van der Waals surface area contributed by atoms with E-state index in [1.165, 1.54) is 16.6 Å². The van der Waals surface area contributed by atoms with Crippen molar-refractivity contribution in [2.45, 2.75) is 69.8 Å². The van der Waals surface area contributed by atoms with E-state index in [-0.39, 0.29) is 22.8 Å². The van der Waals surface area contributed by atoms with E-state index in [4.69, 9.17) is 9.72 Å². The Balaban J connectivity index is 1.84. The first kappa shape index (κ1) is 22.9. The molecule has 1 atom stereocenters. The average Bonchev–Trinajstić information content (AvgIpc) is 3.13. The van der Waals surface area contributed by atoms with Crippen molar-refractivity contribution in [2.75, 3.05) is 6.61 Å². The molecule has 0 bridgehead atoms. The molecule has 32 heavy (non-hydrogen) atoms. The van der Waals surface area contributed by atoms with Gasteiger partial charge in [-0.05, 0) is 83.2 Å². The minimum absolute atomic E-state index is 0.0540. The van der Waals surface area contributed by atoms with Crippen LogP contribution in [0.3, 0.4) is 0 Å². The minimum atomic E-state index is -0.384. The number of nitrogens with zero attached hydrogens (tertiary/aromatic N) is 2. The van der Waals surface area contributed by atoms with Crippen LogP contribution in [-0.4, -0.2) is 33.4 Å². The van der Waals surface area contributed by atoms with Crippen LogP contribution in [-0.2, 0) is 17.6 Å². The largest absolute Gasteiger partial charge is 0.494 e. The number of carbonyl (C=O) groups is 1. The van der Waals surface area contributed by atoms with Crippen LogP contribution in [0.2, 0.25) is 0 Å². The highest BCUT2D eigenvalue weighted by molar-refractivity contribution is 8.00. The van der Waals surface area contributed by atoms with Crippen molar-refractivity contribution in [2.24, 2.45) is 0 Å². The summed E-state index contributed by atoms with van der Waals surface area (Å²) in [7, 11) is 0. The van der Waals surface area contributed by atoms with Gasteiger partial charge in [0.15, 0.2) is 5.16 Å². The Morgan fingerprint density at radius 1 is 1.22 bits per heavy atom. The van der Waals surface area contributed by atoms with Gasteiger partial charge >= 0.3 is 0 Å². The first-order valence-corrected chi connectivity index (χ1v) is 12.9. The molecule has 0 saturated heterocycles. The van der Waals surface area contributed by atoms with E-state index in [9.17, 15) is 9.59 Å². The Kier molecular flexibility index (Phi) is 6.90. The van der Waals surface area contributed by atoms with Gasteiger partial charge in [0.1, 0.15) is 10.6 Å². The number of nitrogens with one attached hydrogen (secondary N) is 1. The summed E-state index contributed by atoms with van der Waals surface area (Å²) in [6.07, 6.45) is 4.19. The molecule has 0 radical (unpaired) electrons. The predicted octanol–water partition coefficient (Wildman–Crippen LogP) is 4.73. The number of aryl methyl sites for hydroxylation is 2. The zero-order valence-electron chi connectivity index (χ0n) is 18.9. The number of rotatable bonds is 7. The SMILES string of the molecule is CCOc1ccc(-n2c(SC(C)C(=O)NC(C)C)nc3sc4c(c3c2=O)CCCC4)cc1. The Bertz CT molecular complexity index is 1180. The Morgan fingerprint density at radius 2 is 1.94 bits per heavy atom. The van der Waals surface area contributed by atoms with Crippen molar-refractivity contribution in [1.82, 2.24) is 14.9 Å². The van der Waals surface area contributed by atoms with Crippen LogP contribution >= 0.6 is 23.1 Å². The fraction of sp³-hybridized carbons (Fsp3) is 0.458. The molecule has 2 aromatic heterocycles. The number of aromatic nitrogens is 2. The molecule has 0 saturated carbocycles. The standard InChI is InChI=1S/C24H29N3O3S2/c1-5-30-17-12-10-16(11-13-17)27-23(29)20-18-8-6-7-9-19(18)32-22(20)26-24(27)31-15(4)21(28)25-14(2)3/h10-15H,5-9H2,1-4H3,(H,25,28). The van der Waals surface area contributed by atoms with Gasteiger partial charge in [-0.3, -0.25) is 14.2 Å². The quantitative estimate of drug-likeness (QED) is 0.398. The number of ether oxygens (including phenoxy) is 1. The molecule has 0 spiro atoms. The van der Waals surface area contributed by atoms with Crippen LogP contribution in [0, 0.1) is 0 Å². The van der Waals surface area contributed by atoms with E-state index >= 15 is 0 Å². The van der Waals surface area contributed by atoms with Crippen molar-refractivity contribution in [3.05, 3.63) is 45.1 Å². The normalized spacial score (nSPS) is 14.4. The van der Waals surface area contributed by atoms with Gasteiger partial charge in [-0.1, -0.05) is 11.8 Å². The molecule has 0 fully saturated rings. The molecule has 4 rings (SSSR count). The number of amides is 1. The summed E-state index contributed by atoms with van der Waals surface area (Å²) in [6, 6.07) is 7.53. The third kappa shape index (κ3) is 4.57. The number of fused-ring (bicyclic) bond motifs is 3. The molecule has 1 N–H and O–H groups in total. The molecule has 1 aliphatic carbocycles. The van der Waals surface area contributed by atoms with E-state index in [1.807, 2.05) is 52.0 Å². The second-order valence-corrected chi connectivity index (χ2v) is 10.7. The second-order valence-electron chi connectivity index (χ2n) is 8.28. The van der Waals surface area contributed by atoms with Crippen LogP contribution in [0.1, 0.15) is 51.0 Å². The maximum atomic E-state index is 13.8. The third-order valence-electron chi connectivity index (χ3n) is 5.45. The summed E-state index contributed by atoms with van der Waals surface area (Å²) in [5, 5.41) is 3.84. The first-order chi connectivity index (χ1) is 15.4. The highest BCUT2D eigenvalue weighted by Crippen LogP contribution is 2.36. The van der Waals surface area contributed by atoms with Gasteiger partial charge in [-0.25, -0.2) is 4.98 Å². The average molecular weight is 472 g/mol. The highest BCUT2D eigenvalue weighted by Gasteiger charge is 2.25. The molecule has 3 aromatic rings. The number of thiophene rings is 1. The summed E-state index contributed by atoms with van der Waals surface area (Å²) in [5.74, 6) is 0.688. The van der Waals surface area contributed by atoms with E-state index < -0.39 is 0 Å². The summed E-state index contributed by atoms with van der Waals surface area (Å²) in [5.41, 5.74) is 1.83. The van der Waals surface area contributed by atoms with Crippen LogP contribution in [0.4, 0.5) is 0 Å². The number of carbonyl (C=O) groups excluding carboxylic acids is 1. The second kappa shape index (κ2) is 9.67. The fourth-order valence-electron chi connectivity index (χ4n) is 3.96. The highest BCUT2D eigenvalue weighted by atomic mass is 32.2. The Morgan fingerprint density at radius 3 is 2.62 bits per heavy atom. The van der Waals surface area contributed by atoms with Gasteiger partial charge in [0.2, 0.25) is 5.91 Å². The lowest BCUT2D eigenvalue weighted by molar-refractivity contribution is -0.120. The van der Waals surface area contributed by atoms with Crippen molar-refractivity contribution in [3.8, 4) is 11.4 Å². The number of thioether (sulfide) groups is 1. The molecule has 1 amide bonds. The molecular weight excluding hydrogens is 442 g/mol. The van der Waals surface area contributed by atoms with Crippen molar-refractivity contribution in [1.29, 1.82) is 0 Å². The molecule has 1 unspecified atom stereocenters. The maximum Gasteiger partial charge on any atom is 0.267 e. The minimum Gasteiger partial charge on any atom is -0.494 e. The van der Waals surface area contributed by atoms with Crippen molar-refractivity contribution < 1.29 is 9.53 Å². The van der Waals surface area contributed by atoms with Crippen molar-refractivity contribution >= 4 is 39.2 Å². The van der Waals surface area contributed by atoms with Crippen LogP contribution in [0.15, 0.2) is 34.2 Å². The number of hydrogen-bond donors (Lipinski definition) is 1. The zero-order valence-corrected chi connectivity index (χ0v) is 20.6. The predicted molar refractivity (Wildman–Crippen MR) is 132 cm³/mol. The van der Waals surface area contributed by atoms with Gasteiger partial charge in [-0.2, -0.15) is 0 Å². The van der Waals surface area contributed by atoms with Gasteiger partial charge in [0.05, 0.1) is 22.9 Å². The van der Waals surface area contributed by atoms with Crippen LogP contribution in [0.5, 0.6) is 5.75 Å². The molecule has 6 nitrogen and oxygen atoms in total. The maximum absolute atomic E-state index is 13.8. The van der Waals surface area contributed by atoms with E-state index in [2.05, 4.69) is 5.32 Å². The lowest BCUT2D eigenvalue weighted by atomic mass is 9.97. The van der Waals surface area contributed by atoms with E-state index in [0.29, 0.717) is 11.8 Å². The monoisotopic (exact) mass is 471 g/mol. The van der Waals surface area contributed by atoms with E-state index in [0.717, 1.165) is 52.9 Å². The summed E-state index contributed by atoms with van der Waals surface area (Å²) in [6.45, 7) is 8.24. The van der Waals surface area contributed by atoms with Gasteiger partial charge < -0.3 is 10.1 Å².